The fraction of sp³-hybridized carbons (Fsp3) is 1.00. The normalized spacial score (nSPS) is 29.8. The highest BCUT2D eigenvalue weighted by atomic mass is 16.6. The van der Waals surface area contributed by atoms with Crippen LogP contribution in [0.25, 0.3) is 0 Å². The summed E-state index contributed by atoms with van der Waals surface area (Å²) in [4.78, 5) is 2.27. The van der Waals surface area contributed by atoms with Gasteiger partial charge in [-0.25, -0.2) is 4.90 Å². The topological polar surface area (TPSA) is 43.0 Å². The van der Waals surface area contributed by atoms with Gasteiger partial charge in [0, 0.05) is 5.54 Å². The number of hydrogen-bond acceptors (Lipinski definition) is 5. The van der Waals surface area contributed by atoms with Crippen LogP contribution < -0.4 is 5.32 Å². The second kappa shape index (κ2) is 5.20. The van der Waals surface area contributed by atoms with Crippen molar-refractivity contribution >= 4 is 0 Å². The van der Waals surface area contributed by atoms with Crippen molar-refractivity contribution in [2.24, 2.45) is 0 Å². The molecule has 0 bridgehead atoms. The Balaban J connectivity index is 0.000000136. The Labute approximate surface area is 103 Å². The lowest BCUT2D eigenvalue weighted by atomic mass is 9.99. The van der Waals surface area contributed by atoms with Gasteiger partial charge in [0.15, 0.2) is 0 Å². The third kappa shape index (κ3) is 2.98. The third-order valence-corrected chi connectivity index (χ3v) is 3.68. The molecule has 1 N–H and O–H groups in total. The van der Waals surface area contributed by atoms with E-state index in [1.165, 1.54) is 0 Å². The molecule has 3 saturated heterocycles. The van der Waals surface area contributed by atoms with Gasteiger partial charge in [-0.2, -0.15) is 0 Å². The van der Waals surface area contributed by atoms with Crippen LogP contribution in [0.2, 0.25) is 0 Å². The molecule has 3 heterocycles. The number of hydrogen-bond donors (Lipinski definition) is 1. The predicted octanol–water partition coefficient (Wildman–Crippen LogP) is 0.755. The zero-order valence-electron chi connectivity index (χ0n) is 11.1. The average Bonchev–Trinajstić information content (AvgIpc) is 2.92. The lowest BCUT2D eigenvalue weighted by Crippen LogP contribution is -2.42. The third-order valence-electron chi connectivity index (χ3n) is 3.68. The van der Waals surface area contributed by atoms with Crippen molar-refractivity contribution in [1.82, 2.24) is 10.2 Å². The van der Waals surface area contributed by atoms with Crippen molar-refractivity contribution in [2.45, 2.75) is 38.3 Å². The SMILES string of the molecule is CC1(C)COCN1.CCC12COCN1COC2. The monoisotopic (exact) mass is 244 g/mol. The summed E-state index contributed by atoms with van der Waals surface area (Å²) in [5, 5.41) is 3.17. The van der Waals surface area contributed by atoms with Crippen molar-refractivity contribution in [3.8, 4) is 0 Å². The Morgan fingerprint density at radius 3 is 2.00 bits per heavy atom. The van der Waals surface area contributed by atoms with E-state index in [0.717, 1.165) is 39.7 Å². The molecule has 3 aliphatic heterocycles. The van der Waals surface area contributed by atoms with Crippen LogP contribution >= 0.6 is 0 Å². The maximum absolute atomic E-state index is 5.35. The smallest absolute Gasteiger partial charge is 0.101 e. The molecule has 17 heavy (non-hydrogen) atoms. The van der Waals surface area contributed by atoms with Crippen LogP contribution in [0.5, 0.6) is 0 Å². The Morgan fingerprint density at radius 1 is 1.06 bits per heavy atom. The zero-order valence-corrected chi connectivity index (χ0v) is 11.1. The Morgan fingerprint density at radius 2 is 1.71 bits per heavy atom. The van der Waals surface area contributed by atoms with E-state index in [4.69, 9.17) is 14.2 Å². The van der Waals surface area contributed by atoms with E-state index in [1.807, 2.05) is 0 Å². The standard InChI is InChI=1S/C7H13NO2.C5H11NO/c1-2-7-3-9-5-8(7)6-10-4-7;1-5(2)3-7-4-6-5/h2-6H2,1H3;6H,3-4H2,1-2H3. The van der Waals surface area contributed by atoms with E-state index in [2.05, 4.69) is 31.0 Å². The molecule has 100 valence electrons. The molecule has 0 spiro atoms. The second-order valence-electron chi connectivity index (χ2n) is 5.63. The zero-order chi connectivity index (χ0) is 12.4. The van der Waals surface area contributed by atoms with Gasteiger partial charge in [-0.15, -0.1) is 0 Å². The summed E-state index contributed by atoms with van der Waals surface area (Å²) in [6.45, 7) is 11.2. The molecule has 0 aromatic carbocycles. The predicted molar refractivity (Wildman–Crippen MR) is 64.5 cm³/mol. The fourth-order valence-corrected chi connectivity index (χ4v) is 2.26. The molecule has 0 aromatic rings. The minimum Gasteiger partial charge on any atom is -0.364 e. The highest BCUT2D eigenvalue weighted by molar-refractivity contribution is 4.94. The fourth-order valence-electron chi connectivity index (χ4n) is 2.26. The van der Waals surface area contributed by atoms with Gasteiger partial charge >= 0.3 is 0 Å². The molecule has 5 heteroatoms. The summed E-state index contributed by atoms with van der Waals surface area (Å²) in [5.41, 5.74) is 0.458. The van der Waals surface area contributed by atoms with Crippen LogP contribution in [-0.2, 0) is 14.2 Å². The number of nitrogens with one attached hydrogen (secondary N) is 1. The molecule has 0 radical (unpaired) electrons. The molecule has 3 rings (SSSR count). The summed E-state index contributed by atoms with van der Waals surface area (Å²) in [7, 11) is 0. The van der Waals surface area contributed by atoms with Crippen molar-refractivity contribution in [3.63, 3.8) is 0 Å². The minimum absolute atomic E-state index is 0.222. The summed E-state index contributed by atoms with van der Waals surface area (Å²) >= 11 is 0. The van der Waals surface area contributed by atoms with Gasteiger partial charge < -0.3 is 14.2 Å². The number of nitrogens with zero attached hydrogens (tertiary/aromatic N) is 1. The second-order valence-corrected chi connectivity index (χ2v) is 5.63. The van der Waals surface area contributed by atoms with Crippen LogP contribution in [0.4, 0.5) is 0 Å². The summed E-state index contributed by atoms with van der Waals surface area (Å²) in [5.74, 6) is 0. The lowest BCUT2D eigenvalue weighted by Gasteiger charge is -2.24. The molecule has 0 aliphatic carbocycles. The van der Waals surface area contributed by atoms with Crippen LogP contribution in [0.3, 0.4) is 0 Å². The first-order chi connectivity index (χ1) is 8.08. The van der Waals surface area contributed by atoms with E-state index < -0.39 is 0 Å². The van der Waals surface area contributed by atoms with Crippen molar-refractivity contribution in [2.75, 3.05) is 40.0 Å². The Hall–Kier alpha value is -0.200. The molecule has 0 aromatic heterocycles. The maximum Gasteiger partial charge on any atom is 0.101 e. The van der Waals surface area contributed by atoms with Crippen LogP contribution in [0.15, 0.2) is 0 Å². The first kappa shape index (κ1) is 13.2. The van der Waals surface area contributed by atoms with Gasteiger partial charge in [-0.1, -0.05) is 6.92 Å². The van der Waals surface area contributed by atoms with Gasteiger partial charge in [0.05, 0.1) is 32.1 Å². The van der Waals surface area contributed by atoms with E-state index in [9.17, 15) is 0 Å². The maximum atomic E-state index is 5.35. The molecule has 3 aliphatic rings. The lowest BCUT2D eigenvalue weighted by molar-refractivity contribution is 0.0695. The molecule has 0 saturated carbocycles. The van der Waals surface area contributed by atoms with Crippen LogP contribution in [-0.4, -0.2) is 56.0 Å². The van der Waals surface area contributed by atoms with Gasteiger partial charge in [0.25, 0.3) is 0 Å². The first-order valence-corrected chi connectivity index (χ1v) is 6.31. The molecular weight excluding hydrogens is 220 g/mol. The minimum atomic E-state index is 0.222. The van der Waals surface area contributed by atoms with Gasteiger partial charge in [-0.05, 0) is 20.3 Å². The van der Waals surface area contributed by atoms with Crippen molar-refractivity contribution in [1.29, 1.82) is 0 Å². The number of rotatable bonds is 1. The van der Waals surface area contributed by atoms with Crippen molar-refractivity contribution in [3.05, 3.63) is 0 Å². The number of ether oxygens (including phenoxy) is 3. The summed E-state index contributed by atoms with van der Waals surface area (Å²) in [6, 6.07) is 0. The summed E-state index contributed by atoms with van der Waals surface area (Å²) < 4.78 is 15.8. The molecular formula is C12H24N2O3. The Bertz CT molecular complexity index is 240. The van der Waals surface area contributed by atoms with E-state index in [-0.39, 0.29) is 11.1 Å². The van der Waals surface area contributed by atoms with E-state index in [1.54, 1.807) is 0 Å². The van der Waals surface area contributed by atoms with Gasteiger partial charge in [0.1, 0.15) is 13.5 Å². The average molecular weight is 244 g/mol. The highest BCUT2D eigenvalue weighted by Gasteiger charge is 2.44. The van der Waals surface area contributed by atoms with Crippen LogP contribution in [0.1, 0.15) is 27.2 Å². The first-order valence-electron chi connectivity index (χ1n) is 6.31. The van der Waals surface area contributed by atoms with E-state index in [0.29, 0.717) is 6.73 Å². The summed E-state index contributed by atoms with van der Waals surface area (Å²) in [6.07, 6.45) is 1.13. The van der Waals surface area contributed by atoms with Crippen LogP contribution in [0, 0.1) is 0 Å². The van der Waals surface area contributed by atoms with E-state index >= 15 is 0 Å². The Kier molecular flexibility index (Phi) is 4.05. The van der Waals surface area contributed by atoms with Gasteiger partial charge in [0.2, 0.25) is 0 Å². The molecule has 0 atom stereocenters. The number of fused-ring (bicyclic) bond motifs is 1. The van der Waals surface area contributed by atoms with Crippen molar-refractivity contribution < 1.29 is 14.2 Å². The highest BCUT2D eigenvalue weighted by Crippen LogP contribution is 2.30. The quantitative estimate of drug-likeness (QED) is 0.737. The largest absolute Gasteiger partial charge is 0.364 e. The molecule has 0 amide bonds. The van der Waals surface area contributed by atoms with Gasteiger partial charge in [-0.3, -0.25) is 5.32 Å². The molecule has 3 fully saturated rings. The molecule has 5 nitrogen and oxygen atoms in total. The molecule has 0 unspecified atom stereocenters.